The number of aromatic nitrogens is 1. The number of nitrogens with one attached hydrogen (secondary N) is 1. The summed E-state index contributed by atoms with van der Waals surface area (Å²) in [6.45, 7) is 1.12. The van der Waals surface area contributed by atoms with E-state index < -0.39 is 10.0 Å². The van der Waals surface area contributed by atoms with Crippen LogP contribution in [-0.2, 0) is 19.5 Å². The number of benzene rings is 1. The minimum absolute atomic E-state index is 0.0686. The van der Waals surface area contributed by atoms with Crippen molar-refractivity contribution in [1.82, 2.24) is 4.98 Å². The first-order chi connectivity index (χ1) is 10.0. The van der Waals surface area contributed by atoms with E-state index in [1.165, 1.54) is 6.20 Å². The molecule has 1 fully saturated rings. The lowest BCUT2D eigenvalue weighted by molar-refractivity contribution is -0.0441. The first-order valence-electron chi connectivity index (χ1n) is 6.02. The molecule has 1 saturated heterocycles. The van der Waals surface area contributed by atoms with Gasteiger partial charge in [0.2, 0.25) is 0 Å². The van der Waals surface area contributed by atoms with Crippen molar-refractivity contribution in [2.24, 2.45) is 0 Å². The number of sulfonamides is 1. The van der Waals surface area contributed by atoms with E-state index >= 15 is 0 Å². The zero-order valence-corrected chi connectivity index (χ0v) is 13.0. The molecule has 2 heterocycles. The SMILES string of the molecule is O=S(=O)(Nc1ccc(C2OCCO2)cc1)c1cnc(Cl)s1. The maximum Gasteiger partial charge on any atom is 0.273 e. The highest BCUT2D eigenvalue weighted by Gasteiger charge is 2.20. The van der Waals surface area contributed by atoms with Crippen LogP contribution in [0.2, 0.25) is 4.47 Å². The minimum atomic E-state index is -3.67. The van der Waals surface area contributed by atoms with Crippen LogP contribution in [0.1, 0.15) is 11.9 Å². The lowest BCUT2D eigenvalue weighted by atomic mass is 10.2. The number of nitrogens with zero attached hydrogens (tertiary/aromatic N) is 1. The molecule has 9 heteroatoms. The van der Waals surface area contributed by atoms with Crippen LogP contribution in [-0.4, -0.2) is 26.6 Å². The van der Waals surface area contributed by atoms with Gasteiger partial charge >= 0.3 is 0 Å². The molecule has 1 aromatic carbocycles. The van der Waals surface area contributed by atoms with Gasteiger partial charge in [0.15, 0.2) is 15.0 Å². The lowest BCUT2D eigenvalue weighted by Gasteiger charge is -2.10. The molecule has 0 amide bonds. The summed E-state index contributed by atoms with van der Waals surface area (Å²) < 4.78 is 37.7. The number of hydrogen-bond donors (Lipinski definition) is 1. The Labute approximate surface area is 130 Å². The standard InChI is InChI=1S/C12H11ClN2O4S2/c13-12-14-7-10(20-12)21(16,17)15-9-3-1-8(2-4-9)11-18-5-6-19-11/h1-4,7,11,15H,5-6H2. The highest BCUT2D eigenvalue weighted by atomic mass is 35.5. The number of anilines is 1. The number of thiazole rings is 1. The second kappa shape index (κ2) is 5.90. The molecule has 1 aliphatic rings. The Hall–Kier alpha value is -1.19. The third-order valence-electron chi connectivity index (χ3n) is 2.78. The van der Waals surface area contributed by atoms with Crippen LogP contribution in [0, 0.1) is 0 Å². The monoisotopic (exact) mass is 346 g/mol. The molecule has 1 aromatic heterocycles. The summed E-state index contributed by atoms with van der Waals surface area (Å²) in [5.74, 6) is 0. The maximum absolute atomic E-state index is 12.1. The van der Waals surface area contributed by atoms with Gasteiger partial charge in [0.05, 0.1) is 19.4 Å². The van der Waals surface area contributed by atoms with E-state index in [4.69, 9.17) is 21.1 Å². The van der Waals surface area contributed by atoms with Crippen molar-refractivity contribution in [2.45, 2.75) is 10.5 Å². The normalized spacial score (nSPS) is 16.2. The maximum atomic E-state index is 12.1. The Morgan fingerprint density at radius 1 is 1.24 bits per heavy atom. The van der Waals surface area contributed by atoms with Gasteiger partial charge in [0.25, 0.3) is 10.0 Å². The molecule has 0 radical (unpaired) electrons. The lowest BCUT2D eigenvalue weighted by Crippen LogP contribution is -2.11. The van der Waals surface area contributed by atoms with Gasteiger partial charge in [-0.25, -0.2) is 13.4 Å². The molecule has 1 N–H and O–H groups in total. The van der Waals surface area contributed by atoms with Gasteiger partial charge in [0.1, 0.15) is 0 Å². The van der Waals surface area contributed by atoms with Gasteiger partial charge < -0.3 is 9.47 Å². The molecular formula is C12H11ClN2O4S2. The molecule has 2 aromatic rings. The van der Waals surface area contributed by atoms with Crippen LogP contribution in [0.5, 0.6) is 0 Å². The van der Waals surface area contributed by atoms with E-state index in [1.807, 2.05) is 0 Å². The molecule has 3 rings (SSSR count). The van der Waals surface area contributed by atoms with E-state index in [0.29, 0.717) is 18.9 Å². The summed E-state index contributed by atoms with van der Waals surface area (Å²) in [5, 5.41) is 0. The van der Waals surface area contributed by atoms with Crippen LogP contribution in [0.3, 0.4) is 0 Å². The Bertz CT molecular complexity index is 724. The van der Waals surface area contributed by atoms with E-state index in [1.54, 1.807) is 24.3 Å². The zero-order valence-electron chi connectivity index (χ0n) is 10.7. The van der Waals surface area contributed by atoms with E-state index in [-0.39, 0.29) is 15.0 Å². The Morgan fingerprint density at radius 2 is 1.90 bits per heavy atom. The Balaban J connectivity index is 1.75. The van der Waals surface area contributed by atoms with Crippen molar-refractivity contribution in [1.29, 1.82) is 0 Å². The number of ether oxygens (including phenoxy) is 2. The van der Waals surface area contributed by atoms with Crippen molar-refractivity contribution in [2.75, 3.05) is 17.9 Å². The molecular weight excluding hydrogens is 336 g/mol. The zero-order chi connectivity index (χ0) is 14.9. The molecule has 0 saturated carbocycles. The van der Waals surface area contributed by atoms with Crippen LogP contribution in [0.15, 0.2) is 34.7 Å². The van der Waals surface area contributed by atoms with Gasteiger partial charge in [-0.1, -0.05) is 35.1 Å². The molecule has 112 valence electrons. The highest BCUT2D eigenvalue weighted by molar-refractivity contribution is 7.94. The van der Waals surface area contributed by atoms with Crippen molar-refractivity contribution in [3.05, 3.63) is 40.5 Å². The quantitative estimate of drug-likeness (QED) is 0.920. The van der Waals surface area contributed by atoms with Gasteiger partial charge in [-0.05, 0) is 12.1 Å². The summed E-state index contributed by atoms with van der Waals surface area (Å²) in [4.78, 5) is 3.72. The molecule has 6 nitrogen and oxygen atoms in total. The van der Waals surface area contributed by atoms with Crippen LogP contribution >= 0.6 is 22.9 Å². The third-order valence-corrected chi connectivity index (χ3v) is 5.74. The predicted octanol–water partition coefficient (Wildman–Crippen LogP) is 2.64. The average Bonchev–Trinajstić information content (AvgIpc) is 3.10. The van der Waals surface area contributed by atoms with Crippen LogP contribution in [0.25, 0.3) is 0 Å². The van der Waals surface area contributed by atoms with Crippen molar-refractivity contribution in [3.63, 3.8) is 0 Å². The first kappa shape index (κ1) is 14.7. The van der Waals surface area contributed by atoms with E-state index in [2.05, 4.69) is 9.71 Å². The molecule has 0 spiro atoms. The third kappa shape index (κ3) is 3.35. The molecule has 21 heavy (non-hydrogen) atoms. The second-order valence-electron chi connectivity index (χ2n) is 4.23. The Kier molecular flexibility index (Phi) is 4.14. The van der Waals surface area contributed by atoms with Crippen molar-refractivity contribution < 1.29 is 17.9 Å². The number of rotatable bonds is 4. The topological polar surface area (TPSA) is 77.5 Å². The largest absolute Gasteiger partial charge is 0.346 e. The molecule has 0 bridgehead atoms. The molecule has 0 unspecified atom stereocenters. The van der Waals surface area contributed by atoms with E-state index in [0.717, 1.165) is 16.9 Å². The summed E-state index contributed by atoms with van der Waals surface area (Å²) in [7, 11) is -3.67. The van der Waals surface area contributed by atoms with Crippen molar-refractivity contribution >= 4 is 38.6 Å². The fourth-order valence-electron chi connectivity index (χ4n) is 1.83. The highest BCUT2D eigenvalue weighted by Crippen LogP contribution is 2.27. The second-order valence-corrected chi connectivity index (χ2v) is 7.76. The fourth-order valence-corrected chi connectivity index (χ4v) is 4.18. The van der Waals surface area contributed by atoms with Gasteiger partial charge in [0, 0.05) is 11.3 Å². The van der Waals surface area contributed by atoms with Gasteiger partial charge in [-0.2, -0.15) is 0 Å². The summed E-state index contributed by atoms with van der Waals surface area (Å²) in [6.07, 6.45) is 0.847. The predicted molar refractivity (Wildman–Crippen MR) is 79.0 cm³/mol. The average molecular weight is 347 g/mol. The Morgan fingerprint density at radius 3 is 2.48 bits per heavy atom. The smallest absolute Gasteiger partial charge is 0.273 e. The first-order valence-corrected chi connectivity index (χ1v) is 8.70. The van der Waals surface area contributed by atoms with Crippen molar-refractivity contribution in [3.8, 4) is 0 Å². The number of hydrogen-bond acceptors (Lipinski definition) is 6. The van der Waals surface area contributed by atoms with Gasteiger partial charge in [-0.3, -0.25) is 4.72 Å². The minimum Gasteiger partial charge on any atom is -0.346 e. The van der Waals surface area contributed by atoms with E-state index in [9.17, 15) is 8.42 Å². The summed E-state index contributed by atoms with van der Waals surface area (Å²) in [6, 6.07) is 6.82. The van der Waals surface area contributed by atoms with Gasteiger partial charge in [-0.15, -0.1) is 0 Å². The molecule has 0 aliphatic carbocycles. The number of halogens is 1. The molecule has 1 aliphatic heterocycles. The van der Waals surface area contributed by atoms with Crippen LogP contribution < -0.4 is 4.72 Å². The fraction of sp³-hybridized carbons (Fsp3) is 0.250. The molecule has 0 atom stereocenters. The summed E-state index contributed by atoms with van der Waals surface area (Å²) >= 11 is 6.55. The van der Waals surface area contributed by atoms with Crippen LogP contribution in [0.4, 0.5) is 5.69 Å². The summed E-state index contributed by atoms with van der Waals surface area (Å²) in [5.41, 5.74) is 1.29.